The first kappa shape index (κ1) is 21.1. The standard InChI is InChI=1S/C20H25N3O5S/c1-15-5-7-17(8-6-15)29(26,27)23-11-9-16(10-12-23)21-19(24)14-22(2)20(25)18-4-3-13-28-18/h3-8,13,16H,9-12,14H2,1-2H3,(H,21,24). The van der Waals surface area contributed by atoms with Crippen LogP contribution >= 0.6 is 0 Å². The summed E-state index contributed by atoms with van der Waals surface area (Å²) < 4.78 is 32.0. The van der Waals surface area contributed by atoms with E-state index in [1.54, 1.807) is 36.4 Å². The molecule has 0 bridgehead atoms. The van der Waals surface area contributed by atoms with Gasteiger partial charge in [0.15, 0.2) is 5.76 Å². The number of rotatable bonds is 6. The first-order chi connectivity index (χ1) is 13.8. The maximum atomic E-state index is 12.7. The molecule has 1 N–H and O–H groups in total. The van der Waals surface area contributed by atoms with Crippen LogP contribution in [0.4, 0.5) is 0 Å². The van der Waals surface area contributed by atoms with Gasteiger partial charge in [-0.2, -0.15) is 4.31 Å². The Labute approximate surface area is 170 Å². The molecule has 8 nitrogen and oxygen atoms in total. The average Bonchev–Trinajstić information content (AvgIpc) is 3.22. The van der Waals surface area contributed by atoms with Crippen molar-refractivity contribution in [1.82, 2.24) is 14.5 Å². The van der Waals surface area contributed by atoms with Crippen LogP contribution < -0.4 is 5.32 Å². The largest absolute Gasteiger partial charge is 0.459 e. The van der Waals surface area contributed by atoms with Crippen LogP contribution in [0.1, 0.15) is 29.0 Å². The molecule has 2 heterocycles. The van der Waals surface area contributed by atoms with Gasteiger partial charge >= 0.3 is 0 Å². The number of piperidine rings is 1. The lowest BCUT2D eigenvalue weighted by Crippen LogP contribution is -2.48. The minimum absolute atomic E-state index is 0.0958. The number of hydrogen-bond acceptors (Lipinski definition) is 5. The van der Waals surface area contributed by atoms with Gasteiger partial charge in [-0.05, 0) is 44.0 Å². The molecular formula is C20H25N3O5S. The number of nitrogens with one attached hydrogen (secondary N) is 1. The molecule has 1 aromatic carbocycles. The van der Waals surface area contributed by atoms with E-state index < -0.39 is 10.0 Å². The van der Waals surface area contributed by atoms with E-state index in [-0.39, 0.29) is 35.1 Å². The molecule has 1 fully saturated rings. The molecule has 0 aliphatic carbocycles. The number of benzene rings is 1. The molecule has 9 heteroatoms. The van der Waals surface area contributed by atoms with Crippen LogP contribution in [-0.2, 0) is 14.8 Å². The molecule has 0 atom stereocenters. The molecule has 2 aromatic rings. The molecule has 29 heavy (non-hydrogen) atoms. The minimum atomic E-state index is -3.53. The number of carbonyl (C=O) groups is 2. The van der Waals surface area contributed by atoms with Crippen LogP contribution in [0, 0.1) is 6.92 Å². The Morgan fingerprint density at radius 1 is 1.17 bits per heavy atom. The lowest BCUT2D eigenvalue weighted by molar-refractivity contribution is -0.122. The molecule has 1 aromatic heterocycles. The summed E-state index contributed by atoms with van der Waals surface area (Å²) in [5.74, 6) is -0.480. The Kier molecular flexibility index (Phi) is 6.39. The topological polar surface area (TPSA) is 99.9 Å². The first-order valence-electron chi connectivity index (χ1n) is 9.42. The van der Waals surface area contributed by atoms with Crippen molar-refractivity contribution < 1.29 is 22.4 Å². The van der Waals surface area contributed by atoms with Crippen LogP contribution in [0.15, 0.2) is 52.0 Å². The van der Waals surface area contributed by atoms with E-state index in [4.69, 9.17) is 4.42 Å². The van der Waals surface area contributed by atoms with Gasteiger partial charge in [-0.15, -0.1) is 0 Å². The zero-order valence-electron chi connectivity index (χ0n) is 16.5. The molecule has 3 rings (SSSR count). The molecule has 2 amide bonds. The summed E-state index contributed by atoms with van der Waals surface area (Å²) in [7, 11) is -2.00. The fourth-order valence-electron chi connectivity index (χ4n) is 3.25. The van der Waals surface area contributed by atoms with Gasteiger partial charge in [-0.1, -0.05) is 17.7 Å². The van der Waals surface area contributed by atoms with Gasteiger partial charge < -0.3 is 14.6 Å². The van der Waals surface area contributed by atoms with Gasteiger partial charge in [0.25, 0.3) is 5.91 Å². The second-order valence-corrected chi connectivity index (χ2v) is 9.14. The summed E-state index contributed by atoms with van der Waals surface area (Å²) in [5, 5.41) is 2.88. The van der Waals surface area contributed by atoms with Gasteiger partial charge in [0.1, 0.15) is 0 Å². The maximum Gasteiger partial charge on any atom is 0.289 e. The van der Waals surface area contributed by atoms with E-state index in [1.165, 1.54) is 22.5 Å². The molecule has 1 aliphatic rings. The van der Waals surface area contributed by atoms with Gasteiger partial charge in [-0.25, -0.2) is 8.42 Å². The highest BCUT2D eigenvalue weighted by molar-refractivity contribution is 7.89. The van der Waals surface area contributed by atoms with Crippen molar-refractivity contribution in [3.63, 3.8) is 0 Å². The highest BCUT2D eigenvalue weighted by Crippen LogP contribution is 2.21. The first-order valence-corrected chi connectivity index (χ1v) is 10.9. The molecule has 0 unspecified atom stereocenters. The number of hydrogen-bond donors (Lipinski definition) is 1. The van der Waals surface area contributed by atoms with Crippen LogP contribution in [0.25, 0.3) is 0 Å². The number of amides is 2. The average molecular weight is 420 g/mol. The van der Waals surface area contributed by atoms with E-state index in [1.807, 2.05) is 6.92 Å². The maximum absolute atomic E-state index is 12.7. The van der Waals surface area contributed by atoms with Gasteiger partial charge in [0.05, 0.1) is 17.7 Å². The van der Waals surface area contributed by atoms with E-state index in [2.05, 4.69) is 5.32 Å². The molecule has 0 radical (unpaired) electrons. The normalized spacial score (nSPS) is 15.8. The van der Waals surface area contributed by atoms with E-state index >= 15 is 0 Å². The number of carbonyl (C=O) groups excluding carboxylic acids is 2. The summed E-state index contributed by atoms with van der Waals surface area (Å²) in [5.41, 5.74) is 1.00. The molecule has 1 saturated heterocycles. The summed E-state index contributed by atoms with van der Waals surface area (Å²) in [6.07, 6.45) is 2.44. The summed E-state index contributed by atoms with van der Waals surface area (Å²) in [6.45, 7) is 2.48. The van der Waals surface area contributed by atoms with Crippen molar-refractivity contribution in [2.45, 2.75) is 30.7 Å². The van der Waals surface area contributed by atoms with Crippen molar-refractivity contribution in [1.29, 1.82) is 0 Å². The number of nitrogens with zero attached hydrogens (tertiary/aromatic N) is 2. The Morgan fingerprint density at radius 3 is 2.41 bits per heavy atom. The van der Waals surface area contributed by atoms with Gasteiger partial charge in [0.2, 0.25) is 15.9 Å². The van der Waals surface area contributed by atoms with Crippen molar-refractivity contribution in [3.05, 3.63) is 54.0 Å². The van der Waals surface area contributed by atoms with Gasteiger partial charge in [0, 0.05) is 26.2 Å². The number of furan rings is 1. The van der Waals surface area contributed by atoms with Crippen LogP contribution in [0.3, 0.4) is 0 Å². The zero-order chi connectivity index (χ0) is 21.0. The molecule has 0 spiro atoms. The van der Waals surface area contributed by atoms with E-state index in [0.29, 0.717) is 25.9 Å². The third-order valence-electron chi connectivity index (χ3n) is 4.94. The summed E-state index contributed by atoms with van der Waals surface area (Å²) in [6, 6.07) is 9.81. The van der Waals surface area contributed by atoms with Crippen LogP contribution in [0.2, 0.25) is 0 Å². The second kappa shape index (κ2) is 8.79. The Bertz CT molecular complexity index is 947. The number of likely N-dealkylation sites (N-methyl/N-ethyl adjacent to an activating group) is 1. The lowest BCUT2D eigenvalue weighted by atomic mass is 10.1. The van der Waals surface area contributed by atoms with Crippen LogP contribution in [-0.4, -0.2) is 62.2 Å². The fourth-order valence-corrected chi connectivity index (χ4v) is 4.72. The molecule has 156 valence electrons. The zero-order valence-corrected chi connectivity index (χ0v) is 17.3. The predicted octanol–water partition coefficient (Wildman–Crippen LogP) is 1.63. The van der Waals surface area contributed by atoms with Crippen LogP contribution in [0.5, 0.6) is 0 Å². The predicted molar refractivity (Wildman–Crippen MR) is 107 cm³/mol. The molecular weight excluding hydrogens is 394 g/mol. The highest BCUT2D eigenvalue weighted by Gasteiger charge is 2.30. The highest BCUT2D eigenvalue weighted by atomic mass is 32.2. The Hall–Kier alpha value is -2.65. The minimum Gasteiger partial charge on any atom is -0.459 e. The lowest BCUT2D eigenvalue weighted by Gasteiger charge is -2.32. The van der Waals surface area contributed by atoms with E-state index in [0.717, 1.165) is 5.56 Å². The second-order valence-electron chi connectivity index (χ2n) is 7.20. The summed E-state index contributed by atoms with van der Waals surface area (Å²) >= 11 is 0. The van der Waals surface area contributed by atoms with E-state index in [9.17, 15) is 18.0 Å². The Morgan fingerprint density at radius 2 is 1.83 bits per heavy atom. The summed E-state index contributed by atoms with van der Waals surface area (Å²) in [4.78, 5) is 25.9. The van der Waals surface area contributed by atoms with Crippen molar-refractivity contribution in [3.8, 4) is 0 Å². The molecule has 0 saturated carbocycles. The monoisotopic (exact) mass is 419 g/mol. The van der Waals surface area contributed by atoms with Crippen molar-refractivity contribution in [2.75, 3.05) is 26.7 Å². The van der Waals surface area contributed by atoms with Crippen molar-refractivity contribution >= 4 is 21.8 Å². The quantitative estimate of drug-likeness (QED) is 0.767. The molecule has 1 aliphatic heterocycles. The Balaban J connectivity index is 1.50. The fraction of sp³-hybridized carbons (Fsp3) is 0.400. The third-order valence-corrected chi connectivity index (χ3v) is 6.85. The smallest absolute Gasteiger partial charge is 0.289 e. The number of sulfonamides is 1. The SMILES string of the molecule is Cc1ccc(S(=O)(=O)N2CCC(NC(=O)CN(C)C(=O)c3ccco3)CC2)cc1. The van der Waals surface area contributed by atoms with Gasteiger partial charge in [-0.3, -0.25) is 9.59 Å². The third kappa shape index (κ3) is 5.04. The van der Waals surface area contributed by atoms with Crippen molar-refractivity contribution in [2.24, 2.45) is 0 Å². The number of aryl methyl sites for hydroxylation is 1.